The van der Waals surface area contributed by atoms with E-state index in [2.05, 4.69) is 43.5 Å². The molecule has 0 rings (SSSR count). The lowest BCUT2D eigenvalue weighted by Gasteiger charge is -2.21. The number of hydrogen-bond acceptors (Lipinski definition) is 4. The average molecular weight is 696 g/mol. The summed E-state index contributed by atoms with van der Waals surface area (Å²) in [4.78, 5) is 12.5. The van der Waals surface area contributed by atoms with Gasteiger partial charge in [-0.05, 0) is 44.9 Å². The molecule has 0 aromatic rings. The van der Waals surface area contributed by atoms with Gasteiger partial charge in [-0.1, -0.05) is 185 Å². The lowest BCUT2D eigenvalue weighted by Crippen LogP contribution is -2.46. The van der Waals surface area contributed by atoms with Crippen LogP contribution < -0.4 is 5.32 Å². The van der Waals surface area contributed by atoms with Crippen LogP contribution in [0.2, 0.25) is 0 Å². The number of allylic oxidation sites excluding steroid dienone is 5. The van der Waals surface area contributed by atoms with Crippen molar-refractivity contribution in [1.29, 1.82) is 0 Å². The molecule has 282 valence electrons. The number of carbonyl (C=O) groups is 1. The van der Waals surface area contributed by atoms with Gasteiger partial charge in [0.05, 0.1) is 17.9 Å². The molecule has 0 aromatic heterocycles. The van der Waals surface area contributed by atoms with E-state index in [4.69, 9.17) is 0 Å². The second-order valence-corrected chi connectivity index (χ2v) is 15.4. The van der Waals surface area contributed by atoms with E-state index in [0.717, 1.165) is 38.5 Å². The van der Waals surface area contributed by atoms with Crippen molar-refractivity contribution in [3.8, 4) is 0 Å². The number of aliphatic hydroxyl groups is 1. The average Bonchev–Trinajstić information content (AvgIpc) is 3.05. The third-order valence-electron chi connectivity index (χ3n) is 9.05. The van der Waals surface area contributed by atoms with Crippen molar-refractivity contribution in [2.45, 2.75) is 212 Å². The van der Waals surface area contributed by atoms with Gasteiger partial charge in [-0.15, -0.1) is 0 Å². The van der Waals surface area contributed by atoms with E-state index in [1.807, 2.05) is 0 Å². The Hall–Kier alpha value is -1.44. The first-order valence-corrected chi connectivity index (χ1v) is 21.8. The van der Waals surface area contributed by atoms with E-state index >= 15 is 0 Å². The quantitative estimate of drug-likeness (QED) is 0.0344. The van der Waals surface area contributed by atoms with Crippen molar-refractivity contribution in [3.05, 3.63) is 36.5 Å². The number of aliphatic hydroxyl groups excluding tert-OH is 1. The van der Waals surface area contributed by atoms with Crippen molar-refractivity contribution in [2.24, 2.45) is 0 Å². The summed E-state index contributed by atoms with van der Waals surface area (Å²) in [5, 5.41) is 13.2. The highest BCUT2D eigenvalue weighted by Crippen LogP contribution is 2.15. The third kappa shape index (κ3) is 35.9. The SMILES string of the molecule is CCCCCCC/C=C/CC/C=C/CC/C=C/C(O)C(CS(=O)(=O)O)NC(=O)CCCCCCCCCCCCCCCCCCCC. The monoisotopic (exact) mass is 696 g/mol. The standard InChI is InChI=1S/C41H77NO5S/c1-3-5-7-9-11-13-15-17-19-20-21-23-25-27-29-31-33-35-37-41(44)42-39(38-48(45,46)47)40(43)36-34-32-30-28-26-24-22-18-16-14-12-10-8-6-4-2/h16,18,26,28,34,36,39-40,43H,3-15,17,19-25,27,29-33,35,37-38H2,1-2H3,(H,42,44)(H,45,46,47)/b18-16+,28-26+,36-34+. The van der Waals surface area contributed by atoms with Gasteiger partial charge in [0, 0.05) is 6.42 Å². The van der Waals surface area contributed by atoms with Crippen LogP contribution >= 0.6 is 0 Å². The smallest absolute Gasteiger partial charge is 0.267 e. The number of rotatable bonds is 36. The largest absolute Gasteiger partial charge is 0.387 e. The number of amides is 1. The highest BCUT2D eigenvalue weighted by Gasteiger charge is 2.24. The van der Waals surface area contributed by atoms with Crippen molar-refractivity contribution < 1.29 is 22.9 Å². The van der Waals surface area contributed by atoms with E-state index in [9.17, 15) is 22.9 Å². The van der Waals surface area contributed by atoms with Gasteiger partial charge in [-0.3, -0.25) is 9.35 Å². The molecule has 0 aliphatic heterocycles. The molecule has 3 N–H and O–H groups in total. The zero-order chi connectivity index (χ0) is 35.4. The summed E-state index contributed by atoms with van der Waals surface area (Å²) in [5.41, 5.74) is 0. The molecule has 0 saturated carbocycles. The summed E-state index contributed by atoms with van der Waals surface area (Å²) >= 11 is 0. The molecule has 0 spiro atoms. The maximum Gasteiger partial charge on any atom is 0.267 e. The fourth-order valence-corrected chi connectivity index (χ4v) is 6.74. The molecule has 0 radical (unpaired) electrons. The first-order chi connectivity index (χ1) is 23.3. The third-order valence-corrected chi connectivity index (χ3v) is 9.83. The molecular weight excluding hydrogens is 619 g/mol. The molecule has 2 atom stereocenters. The van der Waals surface area contributed by atoms with Crippen molar-refractivity contribution in [1.82, 2.24) is 5.32 Å². The van der Waals surface area contributed by atoms with Gasteiger partial charge >= 0.3 is 0 Å². The lowest BCUT2D eigenvalue weighted by atomic mass is 10.0. The van der Waals surface area contributed by atoms with Crippen molar-refractivity contribution in [3.63, 3.8) is 0 Å². The lowest BCUT2D eigenvalue weighted by molar-refractivity contribution is -0.122. The predicted molar refractivity (Wildman–Crippen MR) is 207 cm³/mol. The van der Waals surface area contributed by atoms with Crippen LogP contribution in [0, 0.1) is 0 Å². The van der Waals surface area contributed by atoms with Gasteiger partial charge in [0.15, 0.2) is 0 Å². The van der Waals surface area contributed by atoms with Crippen LogP contribution in [0.15, 0.2) is 36.5 Å². The highest BCUT2D eigenvalue weighted by molar-refractivity contribution is 7.85. The minimum absolute atomic E-state index is 0.288. The van der Waals surface area contributed by atoms with Crippen molar-refractivity contribution in [2.75, 3.05) is 5.75 Å². The molecule has 2 unspecified atom stereocenters. The van der Waals surface area contributed by atoms with Crippen LogP contribution in [0.5, 0.6) is 0 Å². The predicted octanol–water partition coefficient (Wildman–Crippen LogP) is 11.7. The van der Waals surface area contributed by atoms with Gasteiger partial charge in [-0.2, -0.15) is 8.42 Å². The Morgan fingerprint density at radius 1 is 0.542 bits per heavy atom. The fourth-order valence-electron chi connectivity index (χ4n) is 6.01. The van der Waals surface area contributed by atoms with Crippen LogP contribution in [0.25, 0.3) is 0 Å². The molecular formula is C41H77NO5S. The van der Waals surface area contributed by atoms with E-state index in [1.165, 1.54) is 141 Å². The van der Waals surface area contributed by atoms with Gasteiger partial charge in [-0.25, -0.2) is 0 Å². The highest BCUT2D eigenvalue weighted by atomic mass is 32.2. The fraction of sp³-hybridized carbons (Fsp3) is 0.829. The molecule has 48 heavy (non-hydrogen) atoms. The molecule has 1 amide bonds. The van der Waals surface area contributed by atoms with Gasteiger partial charge in [0.2, 0.25) is 5.91 Å². The maximum absolute atomic E-state index is 12.5. The molecule has 0 bridgehead atoms. The minimum atomic E-state index is -4.35. The summed E-state index contributed by atoms with van der Waals surface area (Å²) in [6, 6.07) is -1.08. The Kier molecular flexibility index (Phi) is 34.3. The van der Waals surface area contributed by atoms with Crippen LogP contribution in [0.4, 0.5) is 0 Å². The number of nitrogens with one attached hydrogen (secondary N) is 1. The van der Waals surface area contributed by atoms with Gasteiger partial charge in [0.25, 0.3) is 10.1 Å². The van der Waals surface area contributed by atoms with E-state index in [-0.39, 0.29) is 12.3 Å². The Balaban J connectivity index is 3.96. The molecule has 0 aliphatic rings. The van der Waals surface area contributed by atoms with Crippen LogP contribution in [0.3, 0.4) is 0 Å². The van der Waals surface area contributed by atoms with Gasteiger partial charge in [0.1, 0.15) is 0 Å². The number of unbranched alkanes of at least 4 members (excludes halogenated alkanes) is 24. The van der Waals surface area contributed by atoms with Crippen molar-refractivity contribution >= 4 is 16.0 Å². The van der Waals surface area contributed by atoms with E-state index < -0.39 is 28.0 Å². The molecule has 0 aromatic carbocycles. The first-order valence-electron chi connectivity index (χ1n) is 20.2. The number of hydrogen-bond donors (Lipinski definition) is 3. The Morgan fingerprint density at radius 3 is 1.31 bits per heavy atom. The molecule has 0 heterocycles. The molecule has 0 aliphatic carbocycles. The second kappa shape index (κ2) is 35.4. The first kappa shape index (κ1) is 46.6. The summed E-state index contributed by atoms with van der Waals surface area (Å²) < 4.78 is 32.4. The Bertz CT molecular complexity index is 899. The van der Waals surface area contributed by atoms with Crippen LogP contribution in [-0.2, 0) is 14.9 Å². The Labute approximate surface area is 297 Å². The normalized spacial score (nSPS) is 13.7. The summed E-state index contributed by atoms with van der Waals surface area (Å²) in [6.45, 7) is 4.51. The zero-order valence-corrected chi connectivity index (χ0v) is 32.2. The molecule has 0 saturated heterocycles. The van der Waals surface area contributed by atoms with Crippen LogP contribution in [0.1, 0.15) is 200 Å². The topological polar surface area (TPSA) is 104 Å². The summed E-state index contributed by atoms with van der Waals surface area (Å²) in [7, 11) is -4.35. The van der Waals surface area contributed by atoms with E-state index in [1.54, 1.807) is 6.08 Å². The zero-order valence-electron chi connectivity index (χ0n) is 31.4. The van der Waals surface area contributed by atoms with Gasteiger partial charge < -0.3 is 10.4 Å². The molecule has 6 nitrogen and oxygen atoms in total. The minimum Gasteiger partial charge on any atom is -0.387 e. The van der Waals surface area contributed by atoms with E-state index in [0.29, 0.717) is 6.42 Å². The maximum atomic E-state index is 12.5. The van der Waals surface area contributed by atoms with Crippen LogP contribution in [-0.4, -0.2) is 41.9 Å². The summed E-state index contributed by atoms with van der Waals surface area (Å²) in [5.74, 6) is -1.00. The Morgan fingerprint density at radius 2 is 0.896 bits per heavy atom. The summed E-state index contributed by atoms with van der Waals surface area (Å²) in [6.07, 6.45) is 45.6. The molecule has 0 fully saturated rings. The second-order valence-electron chi connectivity index (χ2n) is 13.9. The molecule has 7 heteroatoms. The number of carbonyl (C=O) groups excluding carboxylic acids is 1.